The maximum absolute atomic E-state index is 12.8. The first-order chi connectivity index (χ1) is 11.3. The van der Waals surface area contributed by atoms with Gasteiger partial charge in [0.25, 0.3) is 0 Å². The Balaban J connectivity index is 2.17. The van der Waals surface area contributed by atoms with Crippen LogP contribution in [0, 0.1) is 0 Å². The molecule has 0 amide bonds. The monoisotopic (exact) mass is 362 g/mol. The van der Waals surface area contributed by atoms with Gasteiger partial charge in [-0.1, -0.05) is 6.92 Å². The van der Waals surface area contributed by atoms with E-state index in [2.05, 4.69) is 14.7 Å². The molecule has 0 fully saturated rings. The lowest BCUT2D eigenvalue weighted by Gasteiger charge is -2.15. The molecular formula is C15H14F4N2O2S. The van der Waals surface area contributed by atoms with Crippen LogP contribution >= 0.6 is 0 Å². The first-order valence-electron chi connectivity index (χ1n) is 6.93. The van der Waals surface area contributed by atoms with Crippen molar-refractivity contribution in [2.24, 2.45) is 0 Å². The molecule has 2 rings (SSSR count). The lowest BCUT2D eigenvalue weighted by Crippen LogP contribution is -2.33. The summed E-state index contributed by atoms with van der Waals surface area (Å²) in [5.74, 6) is -3.90. The van der Waals surface area contributed by atoms with Crippen LogP contribution in [0.4, 0.5) is 17.6 Å². The van der Waals surface area contributed by atoms with Gasteiger partial charge in [0.05, 0.1) is 27.6 Å². The molecule has 2 aromatic rings. The van der Waals surface area contributed by atoms with Crippen molar-refractivity contribution in [3.05, 3.63) is 36.7 Å². The van der Waals surface area contributed by atoms with E-state index >= 15 is 0 Å². The number of aromatic nitrogens is 2. The maximum Gasteiger partial charge on any atom is 0.340 e. The number of halogens is 4. The van der Waals surface area contributed by atoms with E-state index in [0.29, 0.717) is 22.0 Å². The van der Waals surface area contributed by atoms with Crippen LogP contribution in [0.2, 0.25) is 0 Å². The molecule has 1 atom stereocenters. The zero-order valence-corrected chi connectivity index (χ0v) is 13.4. The van der Waals surface area contributed by atoms with Gasteiger partial charge in [-0.2, -0.15) is 8.78 Å². The topological polar surface area (TPSA) is 52.1 Å². The molecule has 24 heavy (non-hydrogen) atoms. The summed E-state index contributed by atoms with van der Waals surface area (Å²) in [7, 11) is -1.24. The molecule has 2 aromatic heterocycles. The van der Waals surface area contributed by atoms with Gasteiger partial charge in [-0.3, -0.25) is 14.2 Å². The Morgan fingerprint density at radius 3 is 2.58 bits per heavy atom. The first kappa shape index (κ1) is 18.3. The van der Waals surface area contributed by atoms with Gasteiger partial charge in [0, 0.05) is 11.9 Å². The summed E-state index contributed by atoms with van der Waals surface area (Å²) in [4.78, 5) is 8.66. The molecule has 130 valence electrons. The number of alkyl halides is 4. The van der Waals surface area contributed by atoms with E-state index in [1.165, 1.54) is 18.3 Å². The van der Waals surface area contributed by atoms with Gasteiger partial charge >= 0.3 is 12.3 Å². The fourth-order valence-electron chi connectivity index (χ4n) is 1.77. The van der Waals surface area contributed by atoms with E-state index in [9.17, 15) is 21.8 Å². The summed E-state index contributed by atoms with van der Waals surface area (Å²) < 4.78 is 66.4. The van der Waals surface area contributed by atoms with Crippen molar-refractivity contribution in [2.45, 2.75) is 24.2 Å². The highest BCUT2D eigenvalue weighted by atomic mass is 32.2. The van der Waals surface area contributed by atoms with Crippen LogP contribution in [0.15, 0.2) is 41.6 Å². The smallest absolute Gasteiger partial charge is 0.340 e. The Morgan fingerprint density at radius 1 is 1.25 bits per heavy atom. The molecule has 0 aliphatic heterocycles. The molecule has 4 nitrogen and oxygen atoms in total. The van der Waals surface area contributed by atoms with Crippen LogP contribution in [0.5, 0.6) is 5.75 Å². The Bertz CT molecular complexity index is 711. The van der Waals surface area contributed by atoms with Crippen molar-refractivity contribution in [3.8, 4) is 17.1 Å². The van der Waals surface area contributed by atoms with E-state index in [1.54, 1.807) is 19.1 Å². The number of hydrogen-bond acceptors (Lipinski definition) is 4. The van der Waals surface area contributed by atoms with Crippen molar-refractivity contribution in [2.75, 3.05) is 12.4 Å². The SMILES string of the molecule is CCS(=O)c1cccnc1-c1ccc(OCC(F)(F)C(F)F)cn1. The summed E-state index contributed by atoms with van der Waals surface area (Å²) in [6.45, 7) is 0.320. The molecule has 9 heteroatoms. The predicted molar refractivity (Wildman–Crippen MR) is 80.9 cm³/mol. The highest BCUT2D eigenvalue weighted by Gasteiger charge is 2.41. The second-order valence-electron chi connectivity index (χ2n) is 4.71. The number of ether oxygens (including phenoxy) is 1. The fourth-order valence-corrected chi connectivity index (χ4v) is 2.68. The minimum Gasteiger partial charge on any atom is -0.485 e. The predicted octanol–water partition coefficient (Wildman–Crippen LogP) is 3.55. The summed E-state index contributed by atoms with van der Waals surface area (Å²) in [6.07, 6.45) is -1.16. The standard InChI is InChI=1S/C15H14F4N2O2S/c1-2-24(22)12-4-3-7-20-13(12)11-6-5-10(8-21-11)23-9-15(18,19)14(16)17/h3-8,14H,2,9H2,1H3. The third kappa shape index (κ3) is 4.28. The second-order valence-corrected chi connectivity index (χ2v) is 6.42. The molecule has 0 saturated heterocycles. The van der Waals surface area contributed by atoms with Gasteiger partial charge < -0.3 is 4.74 Å². The van der Waals surface area contributed by atoms with Gasteiger partial charge in [-0.05, 0) is 24.3 Å². The van der Waals surface area contributed by atoms with E-state index < -0.39 is 29.8 Å². The van der Waals surface area contributed by atoms with Gasteiger partial charge in [0.15, 0.2) is 6.61 Å². The first-order valence-corrected chi connectivity index (χ1v) is 8.25. The van der Waals surface area contributed by atoms with Gasteiger partial charge in [0.2, 0.25) is 0 Å². The van der Waals surface area contributed by atoms with Gasteiger partial charge in [-0.25, -0.2) is 8.78 Å². The summed E-state index contributed by atoms with van der Waals surface area (Å²) in [6, 6.07) is 6.07. The summed E-state index contributed by atoms with van der Waals surface area (Å²) in [5, 5.41) is 0. The molecule has 0 N–H and O–H groups in total. The van der Waals surface area contributed by atoms with Crippen molar-refractivity contribution < 1.29 is 26.5 Å². The molecular weight excluding hydrogens is 348 g/mol. The average Bonchev–Trinajstić information content (AvgIpc) is 2.59. The Kier molecular flexibility index (Phi) is 5.87. The van der Waals surface area contributed by atoms with Crippen LogP contribution < -0.4 is 4.74 Å². The highest BCUT2D eigenvalue weighted by molar-refractivity contribution is 7.85. The van der Waals surface area contributed by atoms with E-state index in [1.807, 2.05) is 0 Å². The molecule has 0 aliphatic rings. The summed E-state index contributed by atoms with van der Waals surface area (Å²) >= 11 is 0. The number of nitrogens with zero attached hydrogens (tertiary/aromatic N) is 2. The molecule has 0 saturated carbocycles. The molecule has 0 radical (unpaired) electrons. The Labute approximate surface area is 138 Å². The van der Waals surface area contributed by atoms with Crippen LogP contribution in [0.1, 0.15) is 6.92 Å². The normalized spacial score (nSPS) is 13.1. The zero-order chi connectivity index (χ0) is 17.7. The van der Waals surface area contributed by atoms with Gasteiger partial charge in [-0.15, -0.1) is 0 Å². The number of hydrogen-bond donors (Lipinski definition) is 0. The van der Waals surface area contributed by atoms with Crippen molar-refractivity contribution in [1.29, 1.82) is 0 Å². The molecule has 1 unspecified atom stereocenters. The van der Waals surface area contributed by atoms with E-state index in [0.717, 1.165) is 6.20 Å². The molecule has 0 bridgehead atoms. The fraction of sp³-hybridized carbons (Fsp3) is 0.333. The quantitative estimate of drug-likeness (QED) is 0.707. The van der Waals surface area contributed by atoms with Crippen LogP contribution in [-0.4, -0.2) is 38.9 Å². The Hall–Kier alpha value is -2.03. The van der Waals surface area contributed by atoms with Crippen LogP contribution in [-0.2, 0) is 10.8 Å². The zero-order valence-electron chi connectivity index (χ0n) is 12.6. The van der Waals surface area contributed by atoms with Crippen molar-refractivity contribution >= 4 is 10.8 Å². The molecule has 2 heterocycles. The number of rotatable bonds is 7. The van der Waals surface area contributed by atoms with E-state index in [-0.39, 0.29) is 5.75 Å². The van der Waals surface area contributed by atoms with Crippen molar-refractivity contribution in [1.82, 2.24) is 9.97 Å². The van der Waals surface area contributed by atoms with Gasteiger partial charge in [0.1, 0.15) is 11.4 Å². The minimum atomic E-state index is -4.23. The molecule has 0 spiro atoms. The average molecular weight is 362 g/mol. The molecule has 0 aromatic carbocycles. The molecule has 0 aliphatic carbocycles. The van der Waals surface area contributed by atoms with E-state index in [4.69, 9.17) is 0 Å². The lowest BCUT2D eigenvalue weighted by atomic mass is 10.2. The Morgan fingerprint density at radius 2 is 2.00 bits per heavy atom. The van der Waals surface area contributed by atoms with Crippen molar-refractivity contribution in [3.63, 3.8) is 0 Å². The largest absolute Gasteiger partial charge is 0.485 e. The second kappa shape index (κ2) is 7.69. The van der Waals surface area contributed by atoms with Crippen LogP contribution in [0.3, 0.4) is 0 Å². The maximum atomic E-state index is 12.8. The third-order valence-corrected chi connectivity index (χ3v) is 4.35. The summed E-state index contributed by atoms with van der Waals surface area (Å²) in [5.41, 5.74) is 0.780. The third-order valence-electron chi connectivity index (χ3n) is 3.01. The lowest BCUT2D eigenvalue weighted by molar-refractivity contribution is -0.148. The number of pyridine rings is 2. The highest BCUT2D eigenvalue weighted by Crippen LogP contribution is 2.26. The van der Waals surface area contributed by atoms with Crippen LogP contribution in [0.25, 0.3) is 11.4 Å². The minimum absolute atomic E-state index is 0.0758.